The predicted molar refractivity (Wildman–Crippen MR) is 73.0 cm³/mol. The van der Waals surface area contributed by atoms with Gasteiger partial charge in [-0.3, -0.25) is 4.79 Å². The SMILES string of the molecule is O=C1CCC2[C@@H]3CCC[C@@]24c2c(ccc(O)c2O[C@@H]14)C3. The second-order valence-corrected chi connectivity index (χ2v) is 6.95. The molecular weight excluding hydrogens is 252 g/mol. The molecule has 1 spiro atoms. The summed E-state index contributed by atoms with van der Waals surface area (Å²) < 4.78 is 6.02. The number of carbonyl (C=O) groups is 1. The van der Waals surface area contributed by atoms with Gasteiger partial charge < -0.3 is 9.84 Å². The summed E-state index contributed by atoms with van der Waals surface area (Å²) in [7, 11) is 0. The zero-order valence-corrected chi connectivity index (χ0v) is 11.4. The highest BCUT2D eigenvalue weighted by molar-refractivity contribution is 5.89. The van der Waals surface area contributed by atoms with E-state index in [1.807, 2.05) is 0 Å². The number of benzene rings is 1. The molecule has 4 atom stereocenters. The third-order valence-electron chi connectivity index (χ3n) is 6.26. The Morgan fingerprint density at radius 2 is 2.20 bits per heavy atom. The first-order valence-corrected chi connectivity index (χ1v) is 7.76. The monoisotopic (exact) mass is 270 g/mol. The summed E-state index contributed by atoms with van der Waals surface area (Å²) in [6, 6.07) is 3.79. The van der Waals surface area contributed by atoms with Crippen molar-refractivity contribution in [2.75, 3.05) is 0 Å². The van der Waals surface area contributed by atoms with Crippen molar-refractivity contribution in [3.8, 4) is 11.5 Å². The fourth-order valence-electron chi connectivity index (χ4n) is 5.67. The van der Waals surface area contributed by atoms with Crippen molar-refractivity contribution in [3.05, 3.63) is 23.3 Å². The Morgan fingerprint density at radius 3 is 3.10 bits per heavy atom. The van der Waals surface area contributed by atoms with Crippen LogP contribution in [-0.2, 0) is 16.6 Å². The van der Waals surface area contributed by atoms with Gasteiger partial charge >= 0.3 is 0 Å². The Hall–Kier alpha value is -1.51. The molecule has 1 heterocycles. The lowest BCUT2D eigenvalue weighted by Gasteiger charge is -2.54. The number of aromatic hydroxyl groups is 1. The molecule has 1 aromatic carbocycles. The average molecular weight is 270 g/mol. The molecule has 5 rings (SSSR count). The number of carbonyl (C=O) groups excluding carboxylic acids is 1. The maximum atomic E-state index is 12.4. The molecule has 3 heteroatoms. The number of ether oxygens (including phenoxy) is 1. The van der Waals surface area contributed by atoms with Crippen molar-refractivity contribution >= 4 is 5.78 Å². The van der Waals surface area contributed by atoms with Crippen molar-refractivity contribution in [3.63, 3.8) is 0 Å². The van der Waals surface area contributed by atoms with Gasteiger partial charge in [0.05, 0.1) is 0 Å². The van der Waals surface area contributed by atoms with Crippen LogP contribution in [0.4, 0.5) is 0 Å². The van der Waals surface area contributed by atoms with Crippen LogP contribution in [0.5, 0.6) is 11.5 Å². The Bertz CT molecular complexity index is 635. The van der Waals surface area contributed by atoms with Crippen molar-refractivity contribution in [1.29, 1.82) is 0 Å². The normalized spacial score (nSPS) is 40.2. The van der Waals surface area contributed by atoms with Gasteiger partial charge in [0.15, 0.2) is 23.4 Å². The first-order chi connectivity index (χ1) is 9.72. The van der Waals surface area contributed by atoms with Crippen LogP contribution in [0, 0.1) is 11.8 Å². The Labute approximate surface area is 117 Å². The maximum Gasteiger partial charge on any atom is 0.174 e. The van der Waals surface area contributed by atoms with Crippen LogP contribution in [0.3, 0.4) is 0 Å². The zero-order chi connectivity index (χ0) is 13.5. The molecule has 4 aliphatic rings. The molecule has 104 valence electrons. The van der Waals surface area contributed by atoms with E-state index >= 15 is 0 Å². The highest BCUT2D eigenvalue weighted by atomic mass is 16.5. The van der Waals surface area contributed by atoms with E-state index in [0.29, 0.717) is 24.0 Å². The quantitative estimate of drug-likeness (QED) is 0.788. The van der Waals surface area contributed by atoms with E-state index in [9.17, 15) is 9.90 Å². The van der Waals surface area contributed by atoms with Crippen LogP contribution >= 0.6 is 0 Å². The molecule has 3 nitrogen and oxygen atoms in total. The molecule has 3 aliphatic carbocycles. The molecule has 2 fully saturated rings. The lowest BCUT2D eigenvalue weighted by atomic mass is 9.48. The molecule has 1 aromatic rings. The lowest BCUT2D eigenvalue weighted by Crippen LogP contribution is -2.58. The first kappa shape index (κ1) is 11.2. The van der Waals surface area contributed by atoms with Crippen molar-refractivity contribution in [2.24, 2.45) is 11.8 Å². The second-order valence-electron chi connectivity index (χ2n) is 6.95. The van der Waals surface area contributed by atoms with Crippen LogP contribution in [0.15, 0.2) is 12.1 Å². The number of phenols is 1. The molecule has 0 radical (unpaired) electrons. The topological polar surface area (TPSA) is 46.5 Å². The van der Waals surface area contributed by atoms with Crippen molar-refractivity contribution in [1.82, 2.24) is 0 Å². The van der Waals surface area contributed by atoms with E-state index in [1.165, 1.54) is 24.0 Å². The van der Waals surface area contributed by atoms with Crippen molar-refractivity contribution < 1.29 is 14.6 Å². The van der Waals surface area contributed by atoms with Crippen LogP contribution in [0.25, 0.3) is 0 Å². The fraction of sp³-hybridized carbons (Fsp3) is 0.588. The molecule has 2 bridgehead atoms. The number of hydrogen-bond donors (Lipinski definition) is 1. The van der Waals surface area contributed by atoms with E-state index in [4.69, 9.17) is 4.74 Å². The molecule has 2 saturated carbocycles. The molecule has 1 aliphatic heterocycles. The van der Waals surface area contributed by atoms with Crippen molar-refractivity contribution in [2.45, 2.75) is 50.0 Å². The predicted octanol–water partition coefficient (Wildman–Crippen LogP) is 2.73. The van der Waals surface area contributed by atoms with E-state index in [1.54, 1.807) is 6.07 Å². The minimum absolute atomic E-state index is 0.111. The summed E-state index contributed by atoms with van der Waals surface area (Å²) in [6.07, 6.45) is 5.95. The third-order valence-corrected chi connectivity index (χ3v) is 6.26. The summed E-state index contributed by atoms with van der Waals surface area (Å²) >= 11 is 0. The van der Waals surface area contributed by atoms with Gasteiger partial charge in [-0.1, -0.05) is 12.5 Å². The largest absolute Gasteiger partial charge is 0.504 e. The number of phenolic OH excluding ortho intramolecular Hbond substituents is 1. The number of Topliss-reactive ketones (excluding diaryl/α,β-unsaturated/α-hetero) is 1. The molecule has 20 heavy (non-hydrogen) atoms. The number of hydrogen-bond acceptors (Lipinski definition) is 3. The van der Waals surface area contributed by atoms with Gasteiger partial charge in [0.1, 0.15) is 0 Å². The van der Waals surface area contributed by atoms with Gasteiger partial charge in [-0.2, -0.15) is 0 Å². The third kappa shape index (κ3) is 1.05. The first-order valence-electron chi connectivity index (χ1n) is 7.76. The minimum atomic E-state index is -0.327. The summed E-state index contributed by atoms with van der Waals surface area (Å²) in [5.74, 6) is 2.35. The van der Waals surface area contributed by atoms with E-state index in [0.717, 1.165) is 19.3 Å². The smallest absolute Gasteiger partial charge is 0.174 e. The van der Waals surface area contributed by atoms with E-state index < -0.39 is 0 Å². The number of rotatable bonds is 0. The Morgan fingerprint density at radius 1 is 1.30 bits per heavy atom. The number of ketones is 1. The molecule has 1 unspecified atom stereocenters. The maximum absolute atomic E-state index is 12.4. The fourth-order valence-corrected chi connectivity index (χ4v) is 5.67. The summed E-state index contributed by atoms with van der Waals surface area (Å²) in [5, 5.41) is 10.2. The Balaban J connectivity index is 1.85. The van der Waals surface area contributed by atoms with E-state index in [-0.39, 0.29) is 23.1 Å². The minimum Gasteiger partial charge on any atom is -0.504 e. The highest BCUT2D eigenvalue weighted by Gasteiger charge is 2.64. The van der Waals surface area contributed by atoms with Gasteiger partial charge in [0.2, 0.25) is 0 Å². The average Bonchev–Trinajstić information content (AvgIpc) is 2.78. The van der Waals surface area contributed by atoms with Crippen LogP contribution < -0.4 is 4.74 Å². The lowest BCUT2D eigenvalue weighted by molar-refractivity contribution is -0.136. The van der Waals surface area contributed by atoms with Gasteiger partial charge in [-0.25, -0.2) is 0 Å². The van der Waals surface area contributed by atoms with Crippen LogP contribution in [0.2, 0.25) is 0 Å². The molecule has 1 N–H and O–H groups in total. The second kappa shape index (κ2) is 3.38. The van der Waals surface area contributed by atoms with Gasteiger partial charge in [-0.05, 0) is 49.1 Å². The zero-order valence-electron chi connectivity index (χ0n) is 11.4. The van der Waals surface area contributed by atoms with Gasteiger partial charge in [0, 0.05) is 17.4 Å². The molecular formula is C17H18O3. The summed E-state index contributed by atoms with van der Waals surface area (Å²) in [4.78, 5) is 12.4. The molecule has 0 aromatic heterocycles. The standard InChI is InChI=1S/C17H18O3/c18-12-5-3-10-8-9-2-1-7-17-11(9)4-6-13(19)16(17)20-15(12)14(10)17/h3,5,9,11,16,18H,1-2,4,6-8H2/t9-,11?,16+,17+/m1/s1. The van der Waals surface area contributed by atoms with Gasteiger partial charge in [-0.15, -0.1) is 0 Å². The highest BCUT2D eigenvalue weighted by Crippen LogP contribution is 2.65. The molecule has 0 saturated heterocycles. The Kier molecular flexibility index (Phi) is 1.89. The summed E-state index contributed by atoms with van der Waals surface area (Å²) in [6.45, 7) is 0. The van der Waals surface area contributed by atoms with E-state index in [2.05, 4.69) is 6.07 Å². The van der Waals surface area contributed by atoms with Crippen LogP contribution in [-0.4, -0.2) is 17.0 Å². The van der Waals surface area contributed by atoms with Crippen LogP contribution in [0.1, 0.15) is 43.2 Å². The van der Waals surface area contributed by atoms with Gasteiger partial charge in [0.25, 0.3) is 0 Å². The molecule has 0 amide bonds. The summed E-state index contributed by atoms with van der Waals surface area (Å²) in [5.41, 5.74) is 2.40.